The van der Waals surface area contributed by atoms with E-state index in [1.54, 1.807) is 0 Å². The van der Waals surface area contributed by atoms with Gasteiger partial charge in [-0.15, -0.1) is 0 Å². The third kappa shape index (κ3) is 2.05. The summed E-state index contributed by atoms with van der Waals surface area (Å²) in [6, 6.07) is 0. The van der Waals surface area contributed by atoms with Crippen LogP contribution in [0.3, 0.4) is 0 Å². The van der Waals surface area contributed by atoms with Gasteiger partial charge in [-0.2, -0.15) is 0 Å². The second-order valence-electron chi connectivity index (χ2n) is 9.75. The van der Waals surface area contributed by atoms with Gasteiger partial charge in [0.2, 0.25) is 0 Å². The van der Waals surface area contributed by atoms with Gasteiger partial charge in [-0.3, -0.25) is 0 Å². The topological polar surface area (TPSA) is 60.7 Å². The first-order valence-electron chi connectivity index (χ1n) is 9.86. The highest BCUT2D eigenvalue weighted by Crippen LogP contribution is 2.72. The number of rotatable bonds is 3. The molecule has 4 saturated carbocycles. The molecule has 4 aliphatic carbocycles. The van der Waals surface area contributed by atoms with Crippen LogP contribution in [-0.2, 0) is 0 Å². The van der Waals surface area contributed by atoms with Crippen molar-refractivity contribution in [2.75, 3.05) is 19.8 Å². The van der Waals surface area contributed by atoms with Gasteiger partial charge in [-0.05, 0) is 85.9 Å². The van der Waals surface area contributed by atoms with Crippen LogP contribution in [0.15, 0.2) is 0 Å². The molecular formula is C20H34O3. The number of hydrogen-bond acceptors (Lipinski definition) is 3. The normalized spacial score (nSPS) is 55.3. The summed E-state index contributed by atoms with van der Waals surface area (Å²) in [5.41, 5.74) is 0.404. The van der Waals surface area contributed by atoms with Crippen molar-refractivity contribution in [1.29, 1.82) is 0 Å². The summed E-state index contributed by atoms with van der Waals surface area (Å²) >= 11 is 0. The molecule has 0 amide bonds. The van der Waals surface area contributed by atoms with Crippen LogP contribution in [0.25, 0.3) is 0 Å². The minimum absolute atomic E-state index is 0.00553. The molecule has 132 valence electrons. The lowest BCUT2D eigenvalue weighted by molar-refractivity contribution is -0.185. The zero-order valence-corrected chi connectivity index (χ0v) is 14.6. The molecule has 0 aromatic heterocycles. The minimum Gasteiger partial charge on any atom is -0.396 e. The Morgan fingerprint density at radius 2 is 1.70 bits per heavy atom. The van der Waals surface area contributed by atoms with E-state index in [9.17, 15) is 15.3 Å². The van der Waals surface area contributed by atoms with Crippen LogP contribution in [0, 0.1) is 39.9 Å². The Labute approximate surface area is 140 Å². The van der Waals surface area contributed by atoms with Crippen molar-refractivity contribution in [3.05, 3.63) is 0 Å². The zero-order valence-electron chi connectivity index (χ0n) is 14.6. The van der Waals surface area contributed by atoms with Gasteiger partial charge in [0.25, 0.3) is 0 Å². The van der Waals surface area contributed by atoms with Crippen molar-refractivity contribution in [3.8, 4) is 0 Å². The van der Waals surface area contributed by atoms with Gasteiger partial charge in [0.15, 0.2) is 0 Å². The Kier molecular flexibility index (Phi) is 3.87. The van der Waals surface area contributed by atoms with Gasteiger partial charge in [-0.25, -0.2) is 0 Å². The van der Waals surface area contributed by atoms with E-state index in [-0.39, 0.29) is 17.4 Å². The molecule has 4 fully saturated rings. The highest BCUT2D eigenvalue weighted by molar-refractivity contribution is 5.14. The first kappa shape index (κ1) is 16.4. The molecule has 0 aliphatic heterocycles. The third-order valence-electron chi connectivity index (χ3n) is 9.01. The van der Waals surface area contributed by atoms with Crippen LogP contribution in [0.5, 0.6) is 0 Å². The predicted molar refractivity (Wildman–Crippen MR) is 89.7 cm³/mol. The van der Waals surface area contributed by atoms with E-state index >= 15 is 0 Å². The molecule has 2 bridgehead atoms. The summed E-state index contributed by atoms with van der Waals surface area (Å²) in [5, 5.41) is 30.4. The fourth-order valence-electron chi connectivity index (χ4n) is 8.10. The lowest BCUT2D eigenvalue weighted by atomic mass is 9.40. The van der Waals surface area contributed by atoms with E-state index in [1.807, 2.05) is 0 Å². The third-order valence-corrected chi connectivity index (χ3v) is 9.01. The van der Waals surface area contributed by atoms with Crippen LogP contribution in [0.2, 0.25) is 0 Å². The summed E-state index contributed by atoms with van der Waals surface area (Å²) in [7, 11) is 0. The molecule has 4 rings (SSSR count). The standard InChI is InChI=1S/C20H34O3/c1-18(12-22)6-2-7-20(13-23)16(18)5-8-19-9-14(3-4-17(19)20)15(10-19)11-21/h14-17,21-23H,2-13H2,1H3/t14-,15-,16-,17-,18-,19+,20+/m0/s1. The summed E-state index contributed by atoms with van der Waals surface area (Å²) in [6.07, 6.45) is 10.8. The van der Waals surface area contributed by atoms with Crippen LogP contribution < -0.4 is 0 Å². The van der Waals surface area contributed by atoms with Crippen LogP contribution in [-0.4, -0.2) is 35.1 Å². The van der Waals surface area contributed by atoms with Gasteiger partial charge in [0.1, 0.15) is 0 Å². The highest BCUT2D eigenvalue weighted by Gasteiger charge is 2.65. The van der Waals surface area contributed by atoms with E-state index in [1.165, 1.54) is 38.5 Å². The van der Waals surface area contributed by atoms with Crippen molar-refractivity contribution in [3.63, 3.8) is 0 Å². The maximum absolute atomic E-state index is 10.6. The second kappa shape index (κ2) is 5.44. The Hall–Kier alpha value is -0.120. The van der Waals surface area contributed by atoms with Crippen molar-refractivity contribution >= 4 is 0 Å². The second-order valence-corrected chi connectivity index (χ2v) is 9.75. The molecule has 0 unspecified atom stereocenters. The van der Waals surface area contributed by atoms with Crippen molar-refractivity contribution in [1.82, 2.24) is 0 Å². The Morgan fingerprint density at radius 1 is 0.870 bits per heavy atom. The lowest BCUT2D eigenvalue weighted by Crippen LogP contribution is -2.60. The monoisotopic (exact) mass is 322 g/mol. The first-order valence-corrected chi connectivity index (χ1v) is 9.86. The molecule has 0 aromatic carbocycles. The van der Waals surface area contributed by atoms with Crippen molar-refractivity contribution in [2.45, 2.75) is 64.7 Å². The van der Waals surface area contributed by atoms with E-state index in [4.69, 9.17) is 0 Å². The van der Waals surface area contributed by atoms with Crippen LogP contribution in [0.4, 0.5) is 0 Å². The SMILES string of the molecule is C[C@@]1(CO)CCC[C@@]2(CO)[C@H]1CC[C@@]13C[C@@H](CO)[C@@H](CC[C@@H]12)C3. The fourth-order valence-corrected chi connectivity index (χ4v) is 8.10. The molecule has 4 aliphatic rings. The average molecular weight is 322 g/mol. The smallest absolute Gasteiger partial charge is 0.0493 e. The molecular weight excluding hydrogens is 288 g/mol. The maximum Gasteiger partial charge on any atom is 0.0493 e. The number of aliphatic hydroxyl groups excluding tert-OH is 3. The molecule has 0 saturated heterocycles. The minimum atomic E-state index is -0.00553. The summed E-state index contributed by atoms with van der Waals surface area (Å²) in [6.45, 7) is 3.17. The van der Waals surface area contributed by atoms with E-state index in [0.717, 1.165) is 25.2 Å². The number of aliphatic hydroxyl groups is 3. The van der Waals surface area contributed by atoms with Gasteiger partial charge >= 0.3 is 0 Å². The fraction of sp³-hybridized carbons (Fsp3) is 1.00. The van der Waals surface area contributed by atoms with Crippen LogP contribution in [0.1, 0.15) is 64.7 Å². The first-order chi connectivity index (χ1) is 11.0. The molecule has 3 N–H and O–H groups in total. The molecule has 0 aromatic rings. The molecule has 3 heteroatoms. The Balaban J connectivity index is 1.72. The summed E-state index contributed by atoms with van der Waals surface area (Å²) in [4.78, 5) is 0. The molecule has 7 atom stereocenters. The molecule has 0 radical (unpaired) electrons. The molecule has 1 spiro atoms. The Morgan fingerprint density at radius 3 is 2.39 bits per heavy atom. The summed E-state index contributed by atoms with van der Waals surface area (Å²) < 4.78 is 0. The van der Waals surface area contributed by atoms with Gasteiger partial charge < -0.3 is 15.3 Å². The van der Waals surface area contributed by atoms with Crippen molar-refractivity contribution < 1.29 is 15.3 Å². The van der Waals surface area contributed by atoms with Gasteiger partial charge in [0, 0.05) is 25.2 Å². The molecule has 3 nitrogen and oxygen atoms in total. The number of hydrogen-bond donors (Lipinski definition) is 3. The van der Waals surface area contributed by atoms with Crippen LogP contribution >= 0.6 is 0 Å². The van der Waals surface area contributed by atoms with E-state index < -0.39 is 0 Å². The quantitative estimate of drug-likeness (QED) is 0.748. The highest BCUT2D eigenvalue weighted by atomic mass is 16.3. The largest absolute Gasteiger partial charge is 0.396 e. The van der Waals surface area contributed by atoms with E-state index in [0.29, 0.717) is 36.4 Å². The van der Waals surface area contributed by atoms with E-state index in [2.05, 4.69) is 6.92 Å². The lowest BCUT2D eigenvalue weighted by Gasteiger charge is -2.64. The molecule has 0 heterocycles. The molecule has 23 heavy (non-hydrogen) atoms. The number of fused-ring (bicyclic) bond motifs is 3. The Bertz CT molecular complexity index is 466. The maximum atomic E-state index is 10.6. The average Bonchev–Trinajstić information content (AvgIpc) is 2.84. The van der Waals surface area contributed by atoms with Crippen molar-refractivity contribution in [2.24, 2.45) is 39.9 Å². The van der Waals surface area contributed by atoms with Gasteiger partial charge in [-0.1, -0.05) is 13.3 Å². The van der Waals surface area contributed by atoms with Gasteiger partial charge in [0.05, 0.1) is 0 Å². The predicted octanol–water partition coefficient (Wildman–Crippen LogP) is 2.97. The zero-order chi connectivity index (χ0) is 16.3. The summed E-state index contributed by atoms with van der Waals surface area (Å²) in [5.74, 6) is 2.30.